The molecule has 1 aromatic heterocycles. The Bertz CT molecular complexity index is 994. The van der Waals surface area contributed by atoms with Gasteiger partial charge >= 0.3 is 0 Å². The summed E-state index contributed by atoms with van der Waals surface area (Å²) in [6.45, 7) is 0. The Morgan fingerprint density at radius 1 is 0.760 bits per heavy atom. The van der Waals surface area contributed by atoms with Crippen molar-refractivity contribution in [3.05, 3.63) is 114 Å². The fourth-order valence-corrected chi connectivity index (χ4v) is 3.45. The minimum atomic E-state index is 0.229. The van der Waals surface area contributed by atoms with Crippen LogP contribution < -0.4 is 0 Å². The first-order valence-electron chi connectivity index (χ1n) is 8.65. The molecule has 0 fully saturated rings. The van der Waals surface area contributed by atoms with E-state index in [2.05, 4.69) is 115 Å². The van der Waals surface area contributed by atoms with Gasteiger partial charge in [0.2, 0.25) is 0 Å². The fourth-order valence-electron chi connectivity index (χ4n) is 3.45. The minimum Gasteiger partial charge on any atom is -0.350 e. The highest BCUT2D eigenvalue weighted by molar-refractivity contribution is 5.85. The third-order valence-electron chi connectivity index (χ3n) is 4.70. The Kier molecular flexibility index (Phi) is 4.22. The van der Waals surface area contributed by atoms with Crippen LogP contribution in [0, 0.1) is 0 Å². The number of fused-ring (bicyclic) bond motifs is 1. The van der Waals surface area contributed by atoms with Crippen molar-refractivity contribution in [2.75, 3.05) is 0 Å². The summed E-state index contributed by atoms with van der Waals surface area (Å²) in [6.07, 6.45) is 6.80. The number of hydrogen-bond acceptors (Lipinski definition) is 0. The highest BCUT2D eigenvalue weighted by Gasteiger charge is 2.16. The Morgan fingerprint density at radius 3 is 2.16 bits per heavy atom. The van der Waals surface area contributed by atoms with Crippen LogP contribution in [-0.4, -0.2) is 4.57 Å². The van der Waals surface area contributed by atoms with Crippen molar-refractivity contribution in [1.82, 2.24) is 4.57 Å². The molecule has 0 N–H and O–H groups in total. The van der Waals surface area contributed by atoms with Crippen molar-refractivity contribution in [2.45, 2.75) is 5.92 Å². The highest BCUT2D eigenvalue weighted by atomic mass is 14.9. The van der Waals surface area contributed by atoms with E-state index in [-0.39, 0.29) is 5.92 Å². The van der Waals surface area contributed by atoms with E-state index in [1.807, 2.05) is 0 Å². The van der Waals surface area contributed by atoms with E-state index in [1.54, 1.807) is 0 Å². The molecule has 0 aliphatic carbocycles. The molecule has 25 heavy (non-hydrogen) atoms. The van der Waals surface area contributed by atoms with Crippen molar-refractivity contribution in [1.29, 1.82) is 0 Å². The lowest BCUT2D eigenvalue weighted by Gasteiger charge is -2.13. The van der Waals surface area contributed by atoms with Gasteiger partial charge in [-0.1, -0.05) is 91.0 Å². The zero-order valence-electron chi connectivity index (χ0n) is 14.3. The molecule has 0 radical (unpaired) electrons. The van der Waals surface area contributed by atoms with E-state index in [1.165, 1.54) is 27.6 Å². The standard InChI is InChI=1S/C24H21N/c1-25-18-23(22-14-8-9-15-24(22)25)21(20-12-6-3-7-13-20)17-16-19-10-4-2-5-11-19/h2-18,21H,1H3/b17-16+. The van der Waals surface area contributed by atoms with E-state index >= 15 is 0 Å². The number of aromatic nitrogens is 1. The third-order valence-corrected chi connectivity index (χ3v) is 4.70. The summed E-state index contributed by atoms with van der Waals surface area (Å²) in [5.74, 6) is 0.229. The summed E-state index contributed by atoms with van der Waals surface area (Å²) < 4.78 is 2.22. The molecule has 1 nitrogen and oxygen atoms in total. The first-order chi connectivity index (χ1) is 12.3. The Morgan fingerprint density at radius 2 is 1.40 bits per heavy atom. The molecule has 122 valence electrons. The van der Waals surface area contributed by atoms with Crippen LogP contribution in [0.2, 0.25) is 0 Å². The molecule has 1 unspecified atom stereocenters. The van der Waals surface area contributed by atoms with Crippen molar-refractivity contribution in [3.63, 3.8) is 0 Å². The summed E-state index contributed by atoms with van der Waals surface area (Å²) in [4.78, 5) is 0. The number of nitrogens with zero attached hydrogens (tertiary/aromatic N) is 1. The first-order valence-corrected chi connectivity index (χ1v) is 8.65. The number of hydrogen-bond donors (Lipinski definition) is 0. The zero-order chi connectivity index (χ0) is 17.1. The normalized spacial score (nSPS) is 12.7. The van der Waals surface area contributed by atoms with Gasteiger partial charge in [-0.25, -0.2) is 0 Å². The predicted molar refractivity (Wildman–Crippen MR) is 107 cm³/mol. The fraction of sp³-hybridized carbons (Fsp3) is 0.0833. The molecule has 1 heteroatoms. The van der Waals surface area contributed by atoms with Crippen molar-refractivity contribution < 1.29 is 0 Å². The van der Waals surface area contributed by atoms with Gasteiger partial charge in [-0.05, 0) is 22.8 Å². The zero-order valence-corrected chi connectivity index (χ0v) is 14.3. The summed E-state index contributed by atoms with van der Waals surface area (Å²) in [7, 11) is 2.12. The molecular weight excluding hydrogens is 302 g/mol. The van der Waals surface area contributed by atoms with Crippen LogP contribution in [0.5, 0.6) is 0 Å². The number of benzene rings is 3. The molecule has 4 aromatic rings. The number of para-hydroxylation sites is 1. The molecule has 0 saturated carbocycles. The van der Waals surface area contributed by atoms with Gasteiger partial charge < -0.3 is 4.57 Å². The van der Waals surface area contributed by atoms with Crippen LogP contribution >= 0.6 is 0 Å². The largest absolute Gasteiger partial charge is 0.350 e. The number of rotatable bonds is 4. The average Bonchev–Trinajstić information content (AvgIpc) is 3.01. The smallest absolute Gasteiger partial charge is 0.0480 e. The molecule has 0 bridgehead atoms. The van der Waals surface area contributed by atoms with Crippen molar-refractivity contribution in [3.8, 4) is 0 Å². The van der Waals surface area contributed by atoms with Gasteiger partial charge in [0.15, 0.2) is 0 Å². The summed E-state index contributed by atoms with van der Waals surface area (Å²) in [6, 6.07) is 29.8. The van der Waals surface area contributed by atoms with Crippen LogP contribution in [0.4, 0.5) is 0 Å². The maximum absolute atomic E-state index is 2.31. The summed E-state index contributed by atoms with van der Waals surface area (Å²) in [5.41, 5.74) is 5.15. The highest BCUT2D eigenvalue weighted by Crippen LogP contribution is 2.33. The molecule has 0 saturated heterocycles. The second kappa shape index (κ2) is 6.82. The van der Waals surface area contributed by atoms with Crippen LogP contribution in [0.15, 0.2) is 97.2 Å². The molecule has 0 aliphatic rings. The van der Waals surface area contributed by atoms with Crippen LogP contribution in [0.1, 0.15) is 22.6 Å². The minimum absolute atomic E-state index is 0.229. The van der Waals surface area contributed by atoms with Gasteiger partial charge in [0, 0.05) is 30.1 Å². The quantitative estimate of drug-likeness (QED) is 0.432. The lowest BCUT2D eigenvalue weighted by molar-refractivity contribution is 0.942. The van der Waals surface area contributed by atoms with E-state index in [4.69, 9.17) is 0 Å². The van der Waals surface area contributed by atoms with Crippen molar-refractivity contribution >= 4 is 17.0 Å². The van der Waals surface area contributed by atoms with Crippen LogP contribution in [-0.2, 0) is 7.05 Å². The van der Waals surface area contributed by atoms with E-state index in [0.717, 1.165) is 0 Å². The monoisotopic (exact) mass is 323 g/mol. The van der Waals surface area contributed by atoms with Gasteiger partial charge in [0.05, 0.1) is 0 Å². The van der Waals surface area contributed by atoms with Crippen LogP contribution in [0.25, 0.3) is 17.0 Å². The Hall–Kier alpha value is -3.06. The number of allylic oxidation sites excluding steroid dienone is 1. The summed E-state index contributed by atoms with van der Waals surface area (Å²) >= 11 is 0. The van der Waals surface area contributed by atoms with Gasteiger partial charge in [-0.15, -0.1) is 0 Å². The van der Waals surface area contributed by atoms with Crippen LogP contribution in [0.3, 0.4) is 0 Å². The first kappa shape index (κ1) is 15.5. The number of aryl methyl sites for hydroxylation is 1. The lowest BCUT2D eigenvalue weighted by atomic mass is 9.90. The molecule has 0 aliphatic heterocycles. The van der Waals surface area contributed by atoms with Crippen molar-refractivity contribution in [2.24, 2.45) is 7.05 Å². The molecular formula is C24H21N. The second-order valence-corrected chi connectivity index (χ2v) is 6.37. The third kappa shape index (κ3) is 3.14. The van der Waals surface area contributed by atoms with Gasteiger partial charge in [0.25, 0.3) is 0 Å². The van der Waals surface area contributed by atoms with Gasteiger partial charge in [-0.3, -0.25) is 0 Å². The van der Waals surface area contributed by atoms with E-state index in [0.29, 0.717) is 0 Å². The Balaban J connectivity index is 1.84. The maximum Gasteiger partial charge on any atom is 0.0480 e. The lowest BCUT2D eigenvalue weighted by Crippen LogP contribution is -1.97. The predicted octanol–water partition coefficient (Wildman–Crippen LogP) is 6.02. The summed E-state index contributed by atoms with van der Waals surface area (Å²) in [5, 5.41) is 1.32. The molecule has 0 spiro atoms. The van der Waals surface area contributed by atoms with Gasteiger partial charge in [0.1, 0.15) is 0 Å². The molecule has 1 heterocycles. The molecule has 1 atom stereocenters. The topological polar surface area (TPSA) is 4.93 Å². The van der Waals surface area contributed by atoms with E-state index in [9.17, 15) is 0 Å². The molecule has 0 amide bonds. The SMILES string of the molecule is Cn1cc(C(/C=C/c2ccccc2)c2ccccc2)c2ccccc21. The second-order valence-electron chi connectivity index (χ2n) is 6.37. The average molecular weight is 323 g/mol. The Labute approximate surface area is 148 Å². The van der Waals surface area contributed by atoms with E-state index < -0.39 is 0 Å². The molecule has 4 rings (SSSR count). The maximum atomic E-state index is 2.31. The molecule has 3 aromatic carbocycles. The van der Waals surface area contributed by atoms with Gasteiger partial charge in [-0.2, -0.15) is 0 Å².